The quantitative estimate of drug-likeness (QED) is 0.252. The molecule has 0 fully saturated rings. The van der Waals surface area contributed by atoms with E-state index >= 15 is 0 Å². The van der Waals surface area contributed by atoms with Crippen LogP contribution in [0.3, 0.4) is 0 Å². The van der Waals surface area contributed by atoms with Crippen molar-refractivity contribution in [2.24, 2.45) is 0 Å². The molecule has 1 aliphatic carbocycles. The van der Waals surface area contributed by atoms with Gasteiger partial charge in [-0.15, -0.1) is 0 Å². The van der Waals surface area contributed by atoms with Crippen LogP contribution >= 0.6 is 7.92 Å². The highest BCUT2D eigenvalue weighted by molar-refractivity contribution is 7.80. The minimum absolute atomic E-state index is 0.565. The largest absolute Gasteiger partial charge is 0.489 e. The average molecular weight is 475 g/mol. The Balaban J connectivity index is 1.64. The van der Waals surface area contributed by atoms with Gasteiger partial charge in [-0.1, -0.05) is 103 Å². The molecule has 0 amide bonds. The Morgan fingerprint density at radius 1 is 0.657 bits per heavy atom. The van der Waals surface area contributed by atoms with E-state index < -0.39 is 7.92 Å². The summed E-state index contributed by atoms with van der Waals surface area (Å²) in [6, 6.07) is 39.0. The van der Waals surface area contributed by atoms with Crippen molar-refractivity contribution < 1.29 is 4.74 Å². The molecule has 0 saturated heterocycles. The van der Waals surface area contributed by atoms with Crippen molar-refractivity contribution in [2.75, 3.05) is 0 Å². The van der Waals surface area contributed by atoms with E-state index in [4.69, 9.17) is 4.74 Å². The van der Waals surface area contributed by atoms with Crippen molar-refractivity contribution >= 4 is 29.4 Å². The molecule has 1 nitrogen and oxygen atoms in total. The summed E-state index contributed by atoms with van der Waals surface area (Å²) in [5, 5.41) is 4.07. The highest BCUT2D eigenvalue weighted by atomic mass is 31.1. The lowest BCUT2D eigenvalue weighted by Gasteiger charge is -2.24. The Morgan fingerprint density at radius 2 is 1.23 bits per heavy atom. The van der Waals surface area contributed by atoms with Gasteiger partial charge in [0.15, 0.2) is 0 Å². The minimum atomic E-state index is -0.744. The van der Waals surface area contributed by atoms with E-state index in [0.29, 0.717) is 6.61 Å². The van der Waals surface area contributed by atoms with Crippen LogP contribution in [-0.2, 0) is 6.61 Å². The summed E-state index contributed by atoms with van der Waals surface area (Å²) in [4.78, 5) is 0. The zero-order valence-electron chi connectivity index (χ0n) is 20.7. The number of hydrogen-bond donors (Lipinski definition) is 0. The smallest absolute Gasteiger partial charge is 0.120 e. The summed E-state index contributed by atoms with van der Waals surface area (Å²) < 4.78 is 6.33. The lowest BCUT2D eigenvalue weighted by Crippen LogP contribution is -2.23. The number of benzene rings is 4. The fourth-order valence-corrected chi connectivity index (χ4v) is 7.24. The molecular weight excluding hydrogens is 443 g/mol. The number of ether oxygens (including phenoxy) is 1. The van der Waals surface area contributed by atoms with E-state index in [9.17, 15) is 0 Å². The zero-order valence-corrected chi connectivity index (χ0v) is 21.6. The molecule has 174 valence electrons. The SMILES string of the molecule is CC1=C(C)C(C)=C(c2ccc(OCc3ccccc3)cc2P(c2ccccc2)c2ccccc2)C1. The third-order valence-electron chi connectivity index (χ3n) is 6.91. The van der Waals surface area contributed by atoms with Gasteiger partial charge < -0.3 is 4.74 Å². The molecule has 1 aliphatic rings. The van der Waals surface area contributed by atoms with Gasteiger partial charge in [-0.3, -0.25) is 0 Å². The molecule has 0 N–H and O–H groups in total. The lowest BCUT2D eigenvalue weighted by molar-refractivity contribution is 0.306. The Hall–Kier alpha value is -3.41. The van der Waals surface area contributed by atoms with Crippen LogP contribution in [0.25, 0.3) is 5.57 Å². The molecule has 4 aromatic carbocycles. The highest BCUT2D eigenvalue weighted by Gasteiger charge is 2.25. The molecule has 0 bridgehead atoms. The molecule has 0 heterocycles. The molecular formula is C33H31OP. The molecule has 5 rings (SSSR count). The van der Waals surface area contributed by atoms with Crippen LogP contribution in [0.15, 0.2) is 126 Å². The zero-order chi connectivity index (χ0) is 24.2. The fourth-order valence-electron chi connectivity index (χ4n) is 4.74. The van der Waals surface area contributed by atoms with Crippen molar-refractivity contribution in [3.8, 4) is 5.75 Å². The van der Waals surface area contributed by atoms with Crippen molar-refractivity contribution in [2.45, 2.75) is 33.8 Å². The topological polar surface area (TPSA) is 9.23 Å². The standard InChI is InChI=1S/C33H31OP/c1-24-21-32(26(3)25(24)2)31-20-19-28(34-23-27-13-7-4-8-14-27)22-33(31)35(29-15-9-5-10-16-29)30-17-11-6-12-18-30/h4-20,22H,21,23H2,1-3H3. The predicted octanol–water partition coefficient (Wildman–Crippen LogP) is 7.54. The van der Waals surface area contributed by atoms with Crippen LogP contribution in [0.2, 0.25) is 0 Å². The normalized spacial score (nSPS) is 13.6. The van der Waals surface area contributed by atoms with Gasteiger partial charge in [0.25, 0.3) is 0 Å². The van der Waals surface area contributed by atoms with E-state index in [1.54, 1.807) is 0 Å². The first-order valence-electron chi connectivity index (χ1n) is 12.2. The van der Waals surface area contributed by atoms with E-state index in [-0.39, 0.29) is 0 Å². The van der Waals surface area contributed by atoms with Crippen LogP contribution in [0.1, 0.15) is 38.3 Å². The predicted molar refractivity (Wildman–Crippen MR) is 152 cm³/mol. The summed E-state index contributed by atoms with van der Waals surface area (Å²) in [7, 11) is -0.744. The Morgan fingerprint density at radius 3 is 1.77 bits per heavy atom. The van der Waals surface area contributed by atoms with Crippen molar-refractivity contribution in [3.63, 3.8) is 0 Å². The molecule has 0 unspecified atom stereocenters. The van der Waals surface area contributed by atoms with Gasteiger partial charge in [-0.2, -0.15) is 0 Å². The van der Waals surface area contributed by atoms with Gasteiger partial charge >= 0.3 is 0 Å². The van der Waals surface area contributed by atoms with Gasteiger partial charge in [-0.05, 0) is 91.0 Å². The van der Waals surface area contributed by atoms with Crippen molar-refractivity contribution in [3.05, 3.63) is 137 Å². The van der Waals surface area contributed by atoms with Crippen LogP contribution < -0.4 is 20.7 Å². The van der Waals surface area contributed by atoms with E-state index in [2.05, 4.69) is 124 Å². The van der Waals surface area contributed by atoms with E-state index in [0.717, 1.165) is 12.2 Å². The van der Waals surface area contributed by atoms with E-state index in [1.807, 2.05) is 6.07 Å². The maximum absolute atomic E-state index is 6.33. The van der Waals surface area contributed by atoms with E-state index in [1.165, 1.54) is 49.3 Å². The second kappa shape index (κ2) is 10.5. The van der Waals surface area contributed by atoms with Crippen LogP contribution in [-0.4, -0.2) is 0 Å². The van der Waals surface area contributed by atoms with Gasteiger partial charge in [0.1, 0.15) is 12.4 Å². The first kappa shape index (κ1) is 23.3. The monoisotopic (exact) mass is 474 g/mol. The second-order valence-corrected chi connectivity index (χ2v) is 11.3. The molecule has 35 heavy (non-hydrogen) atoms. The molecule has 0 atom stereocenters. The summed E-state index contributed by atoms with van der Waals surface area (Å²) in [6.45, 7) is 7.36. The maximum atomic E-state index is 6.33. The third-order valence-corrected chi connectivity index (χ3v) is 9.39. The summed E-state index contributed by atoms with van der Waals surface area (Å²) >= 11 is 0. The minimum Gasteiger partial charge on any atom is -0.489 e. The van der Waals surface area contributed by atoms with Gasteiger partial charge in [0, 0.05) is 0 Å². The molecule has 0 aliphatic heterocycles. The van der Waals surface area contributed by atoms with Gasteiger partial charge in [0.2, 0.25) is 0 Å². The molecule has 4 aromatic rings. The van der Waals surface area contributed by atoms with Crippen molar-refractivity contribution in [1.82, 2.24) is 0 Å². The first-order valence-corrected chi connectivity index (χ1v) is 13.5. The lowest BCUT2D eigenvalue weighted by atomic mass is 10.00. The molecule has 0 spiro atoms. The third kappa shape index (κ3) is 5.02. The van der Waals surface area contributed by atoms with Gasteiger partial charge in [-0.25, -0.2) is 0 Å². The fraction of sp³-hybridized carbons (Fsp3) is 0.152. The van der Waals surface area contributed by atoms with Crippen LogP contribution in [0.4, 0.5) is 0 Å². The molecule has 2 heteroatoms. The number of hydrogen-bond acceptors (Lipinski definition) is 1. The Kier molecular flexibility index (Phi) is 6.98. The second-order valence-electron chi connectivity index (χ2n) is 9.15. The maximum Gasteiger partial charge on any atom is 0.120 e. The highest BCUT2D eigenvalue weighted by Crippen LogP contribution is 2.42. The molecule has 0 saturated carbocycles. The summed E-state index contributed by atoms with van der Waals surface area (Å²) in [6.07, 6.45) is 1.02. The molecule has 0 aromatic heterocycles. The summed E-state index contributed by atoms with van der Waals surface area (Å²) in [5.74, 6) is 0.921. The summed E-state index contributed by atoms with van der Waals surface area (Å²) in [5.41, 5.74) is 8.29. The average Bonchev–Trinajstić information content (AvgIpc) is 3.17. The van der Waals surface area contributed by atoms with Gasteiger partial charge in [0.05, 0.1) is 0 Å². The first-order chi connectivity index (χ1) is 17.1. The Bertz CT molecular complexity index is 1330. The molecule has 0 radical (unpaired) electrons. The number of allylic oxidation sites excluding steroid dienone is 4. The van der Waals surface area contributed by atoms with Crippen LogP contribution in [0, 0.1) is 0 Å². The van der Waals surface area contributed by atoms with Crippen LogP contribution in [0.5, 0.6) is 5.75 Å². The Labute approximate surface area is 210 Å². The van der Waals surface area contributed by atoms with Crippen molar-refractivity contribution in [1.29, 1.82) is 0 Å². The number of rotatable bonds is 7.